The first-order valence-corrected chi connectivity index (χ1v) is 47.6. The Hall–Kier alpha value is -7.88. The molecule has 1 aromatic rings. The zero-order chi connectivity index (χ0) is 94.3. The maximum absolute atomic E-state index is 14.1. The van der Waals surface area contributed by atoms with Crippen LogP contribution < -0.4 is 4.74 Å². The predicted octanol–water partition coefficient (Wildman–Crippen LogP) is 10.9. The number of fused-ring (bicyclic) bond motifs is 4. The van der Waals surface area contributed by atoms with Crippen molar-refractivity contribution in [3.8, 4) is 5.75 Å². The number of methoxy groups -OCH3 is 2. The predicted molar refractivity (Wildman–Crippen MR) is 455 cm³/mol. The minimum absolute atomic E-state index is 0.0390. The van der Waals surface area contributed by atoms with Crippen molar-refractivity contribution in [3.05, 3.63) is 57.0 Å². The summed E-state index contributed by atoms with van der Waals surface area (Å²) in [6.07, 6.45) is 11.9. The molecule has 7 N–H and O–H groups in total. The van der Waals surface area contributed by atoms with E-state index in [4.69, 9.17) is 75.8 Å². The van der Waals surface area contributed by atoms with Crippen molar-refractivity contribution in [2.45, 2.75) is 362 Å². The molecule has 0 radical (unpaired) electrons. The second-order valence-electron chi connectivity index (χ2n) is 39.6. The average Bonchev–Trinajstić information content (AvgIpc) is 1.50. The molecule has 0 amide bonds. The number of nitrogens with zero attached hydrogens (tertiary/aromatic N) is 1. The Morgan fingerprint density at radius 3 is 1.32 bits per heavy atom. The summed E-state index contributed by atoms with van der Waals surface area (Å²) in [5.41, 5.74) is -11.5. The Morgan fingerprint density at radius 2 is 0.908 bits per heavy atom. The van der Waals surface area contributed by atoms with Gasteiger partial charge in [0, 0.05) is 47.6 Å². The minimum Gasteiger partial charge on any atom is -0.504 e. The van der Waals surface area contributed by atoms with Crippen LogP contribution >= 0.6 is 0 Å². The number of non-ortho nitro benzene ring substituents is 1. The van der Waals surface area contributed by atoms with E-state index in [1.165, 1.54) is 108 Å². The standard InChI is InChI=1S/C49H74O16.C29H38O12.C17H23NO7/c1-5-6-7-8-9-10-11-12-13-14-15-16-18-21-36-59-27-31(62-36)28-60-45(56)65-38-30(2)32-24-34-48-29-61-49(44(55)58-4,42(53)37(52)40(48)46(32,3)25-33(38)50)41(48)39(43(54)63-34)64-35(51)26-47(57)22-19-17-20-23-47;1-13-14-9-16-28-12-39-29(25(36)38-3,23(34)19(33)21(28)26(14,2)10-15(30)18(13)32)22(28)20(24(35)40-16)41-17(31)11-27(37)7-5-4-6-8-27;1-2-3-4-5-6-16-22-11-15(24-16)12-23-17(19)25-14-9-7-13(8-10-14)18(20)21/h31-32,34,36-37,39-42,52-53,57H,5-29H2,1-4H3;14,16,19-23,32-34,37H,4-12H2,1-3H3;7-10,15-16H,2-6,11-12H2,1H3/t31?,32-,34+,36?,37+,39?,40+,41+,42-,46-,48+,49-;14-,16+,19+,20?,21+,22+,23-,26-,28+,29-;/m00./s1. The number of ketones is 2. The number of unbranched alkanes of at least 4 members (excludes halogenated alkanes) is 15. The lowest BCUT2D eigenvalue weighted by molar-refractivity contribution is -0.384. The highest BCUT2D eigenvalue weighted by Crippen LogP contribution is 2.75. The molecule has 6 aliphatic heterocycles. The van der Waals surface area contributed by atoms with Crippen LogP contribution in [0.2, 0.25) is 0 Å². The van der Waals surface area contributed by atoms with Gasteiger partial charge in [-0.2, -0.15) is 0 Å². The first-order chi connectivity index (χ1) is 62.5. The fourth-order valence-corrected chi connectivity index (χ4v) is 25.3. The Bertz CT molecular complexity index is 4350. The number of ether oxygens (including phenoxy) is 16. The van der Waals surface area contributed by atoms with Crippen molar-refractivity contribution in [3.63, 3.8) is 0 Å². The first kappa shape index (κ1) is 101. The minimum atomic E-state index is -2.33. The SMILES string of the molecule is CCCCCCC1OCC(COC(=O)Oc2ccc([N+](=O)[O-])cc2)O1.CCCCCCCCCCCCCCCC1OCC(COC(=O)OC2=C(C)[C@@H]3C[C@H]4OC(=O)C(OC(=O)CC5(O)CCCCC5)[C@H]5[C@]6(C(=O)OC)OC[C@]45[C@H]([C@@H](O)[C@@H]6O)[C@@]3(C)CC2=O)O1.COC(=O)[C@@]12OC[C@]34[C@H]([C@@H](O)[C@@H]1O)[C@@]1(C)CC(=O)C(O)=C(C)[C@@H]1C[C@H]3OC(=O)C(OC(=O)CC1(O)CCCCC1)[C@@H]24. The zero-order valence-electron chi connectivity index (χ0n) is 76.7. The highest BCUT2D eigenvalue weighted by molar-refractivity contribution is 5.98. The van der Waals surface area contributed by atoms with Crippen LogP contribution in [0, 0.1) is 67.3 Å². The van der Waals surface area contributed by atoms with E-state index in [-0.39, 0.29) is 107 Å². The monoisotopic (exact) mass is 1850 g/mol. The highest BCUT2D eigenvalue weighted by atomic mass is 16.8. The van der Waals surface area contributed by atoms with Crippen LogP contribution in [0.3, 0.4) is 0 Å². The molecule has 6 unspecified atom stereocenters. The summed E-state index contributed by atoms with van der Waals surface area (Å²) >= 11 is 0. The van der Waals surface area contributed by atoms with Gasteiger partial charge in [-0.1, -0.05) is 163 Å². The molecular formula is C95H135NO35. The van der Waals surface area contributed by atoms with Crippen LogP contribution in [0.15, 0.2) is 46.9 Å². The maximum atomic E-state index is 14.1. The number of hydrogen-bond acceptors (Lipinski definition) is 35. The molecule has 6 heterocycles. The van der Waals surface area contributed by atoms with Crippen LogP contribution in [0.1, 0.15) is 266 Å². The molecule has 730 valence electrons. The molecule has 1 aromatic carbocycles. The number of nitro groups is 1. The van der Waals surface area contributed by atoms with Gasteiger partial charge in [-0.15, -0.1) is 0 Å². The summed E-state index contributed by atoms with van der Waals surface area (Å²) in [5.74, 6) is -13.1. The van der Waals surface area contributed by atoms with Gasteiger partial charge in [-0.3, -0.25) is 29.3 Å². The smallest absolute Gasteiger partial charge is 0.504 e. The fourth-order valence-electron chi connectivity index (χ4n) is 25.3. The summed E-state index contributed by atoms with van der Waals surface area (Å²) in [7, 11) is 2.17. The molecular weight excluding hydrogens is 1720 g/mol. The third kappa shape index (κ3) is 20.0. The van der Waals surface area contributed by atoms with Crippen LogP contribution in [0.5, 0.6) is 5.75 Å². The fraction of sp³-hybridized carbons (Fsp3) is 0.789. The molecule has 24 atom stereocenters. The molecule has 6 saturated carbocycles. The molecule has 14 aliphatic rings. The summed E-state index contributed by atoms with van der Waals surface area (Å²) in [4.78, 5) is 144. The lowest BCUT2D eigenvalue weighted by Crippen LogP contribution is -2.79. The molecule has 36 heteroatoms. The molecule has 15 rings (SSSR count). The summed E-state index contributed by atoms with van der Waals surface area (Å²) in [6.45, 7) is 11.2. The molecule has 2 spiro atoms. The Labute approximate surface area is 762 Å². The summed E-state index contributed by atoms with van der Waals surface area (Å²) in [5, 5.41) is 90.7. The van der Waals surface area contributed by atoms with Gasteiger partial charge in [-0.05, 0) is 124 Å². The number of esters is 6. The largest absolute Gasteiger partial charge is 0.514 e. The quantitative estimate of drug-likeness (QED) is 0.00841. The molecule has 36 nitrogen and oxygen atoms in total. The van der Waals surface area contributed by atoms with E-state index in [2.05, 4.69) is 13.8 Å². The van der Waals surface area contributed by atoms with Crippen LogP contribution in [0.25, 0.3) is 0 Å². The topological polar surface area (TPSA) is 503 Å². The molecule has 8 aliphatic carbocycles. The number of benzene rings is 1. The number of Topliss-reactive ketones (excluding diaryl/α,β-unsaturated/α-hetero) is 2. The Morgan fingerprint density at radius 1 is 0.519 bits per heavy atom. The van der Waals surface area contributed by atoms with Gasteiger partial charge in [0.1, 0.15) is 55.6 Å². The molecule has 6 saturated heterocycles. The van der Waals surface area contributed by atoms with E-state index in [1.54, 1.807) is 27.7 Å². The number of allylic oxidation sites excluding steroid dienone is 4. The number of aliphatic hydroxyl groups is 7. The van der Waals surface area contributed by atoms with Gasteiger partial charge in [0.15, 0.2) is 35.7 Å². The summed E-state index contributed by atoms with van der Waals surface area (Å²) in [6, 6.07) is 5.17. The molecule has 12 fully saturated rings. The Balaban J connectivity index is 0.000000187. The van der Waals surface area contributed by atoms with Crippen molar-refractivity contribution in [1.82, 2.24) is 0 Å². The number of hydrogen-bond donors (Lipinski definition) is 7. The van der Waals surface area contributed by atoms with Gasteiger partial charge in [0.2, 0.25) is 23.4 Å². The van der Waals surface area contributed by atoms with E-state index in [9.17, 15) is 93.8 Å². The van der Waals surface area contributed by atoms with Gasteiger partial charge in [-0.25, -0.2) is 28.8 Å². The van der Waals surface area contributed by atoms with Crippen LogP contribution in [-0.4, -0.2) is 250 Å². The maximum Gasteiger partial charge on any atom is 0.514 e. The number of rotatable bonds is 34. The number of carbonyl (C=O) groups is 10. The van der Waals surface area contributed by atoms with Gasteiger partial charge in [0.25, 0.3) is 5.69 Å². The summed E-state index contributed by atoms with van der Waals surface area (Å²) < 4.78 is 90.1. The number of carbonyl (C=O) groups excluding carboxylic acids is 10. The van der Waals surface area contributed by atoms with Crippen molar-refractivity contribution in [1.29, 1.82) is 0 Å². The van der Waals surface area contributed by atoms with E-state index in [1.807, 2.05) is 0 Å². The normalized spacial score (nSPS) is 36.5. The average molecular weight is 1850 g/mol. The van der Waals surface area contributed by atoms with Crippen molar-refractivity contribution < 1.29 is 164 Å². The van der Waals surface area contributed by atoms with Crippen LogP contribution in [0.4, 0.5) is 15.3 Å². The van der Waals surface area contributed by atoms with Gasteiger partial charge in [0.05, 0.1) is 93.7 Å². The van der Waals surface area contributed by atoms with E-state index in [0.717, 1.165) is 91.3 Å². The van der Waals surface area contributed by atoms with Crippen molar-refractivity contribution >= 4 is 65.4 Å². The first-order valence-electron chi connectivity index (χ1n) is 47.6. The number of aliphatic hydroxyl groups excluding tert-OH is 5. The third-order valence-electron chi connectivity index (χ3n) is 31.4. The molecule has 4 bridgehead atoms. The van der Waals surface area contributed by atoms with Crippen molar-refractivity contribution in [2.24, 2.45) is 57.2 Å². The van der Waals surface area contributed by atoms with Crippen LogP contribution in [-0.2, 0) is 109 Å². The lowest BCUT2D eigenvalue weighted by Gasteiger charge is -2.67. The molecule has 131 heavy (non-hydrogen) atoms. The van der Waals surface area contributed by atoms with E-state index >= 15 is 0 Å². The van der Waals surface area contributed by atoms with Crippen molar-refractivity contribution in [2.75, 3.05) is 53.9 Å². The van der Waals surface area contributed by atoms with E-state index in [0.29, 0.717) is 43.4 Å². The van der Waals surface area contributed by atoms with Gasteiger partial charge >= 0.3 is 48.1 Å². The highest BCUT2D eigenvalue weighted by Gasteiger charge is 2.87. The third-order valence-corrected chi connectivity index (χ3v) is 31.4. The van der Waals surface area contributed by atoms with E-state index < -0.39 is 206 Å². The second-order valence-corrected chi connectivity index (χ2v) is 39.6. The second kappa shape index (κ2) is 42.2. The zero-order valence-corrected chi connectivity index (χ0v) is 76.7. The Kier molecular flexibility index (Phi) is 32.4. The number of nitro benzene ring substituents is 1. The lowest BCUT2D eigenvalue weighted by atomic mass is 9.38. The van der Waals surface area contributed by atoms with Gasteiger partial charge < -0.3 is 112 Å². The molecule has 0 aromatic heterocycles.